The largest absolute Gasteiger partial charge is 0.416 e. The zero-order chi connectivity index (χ0) is 32.4. The number of aryl methyl sites for hydroxylation is 1. The number of piperazine rings is 1. The highest BCUT2D eigenvalue weighted by molar-refractivity contribution is 5.99. The molecule has 1 aliphatic heterocycles. The molecule has 4 aromatic rings. The monoisotopic (exact) mass is 636 g/mol. The first-order chi connectivity index (χ1) is 22.0. The number of aromatic nitrogens is 4. The Morgan fingerprint density at radius 2 is 1.74 bits per heavy atom. The van der Waals surface area contributed by atoms with Crippen molar-refractivity contribution in [1.29, 1.82) is 0 Å². The van der Waals surface area contributed by atoms with Gasteiger partial charge in [-0.2, -0.15) is 18.3 Å². The second-order valence-electron chi connectivity index (χ2n) is 12.3. The summed E-state index contributed by atoms with van der Waals surface area (Å²) in [6.45, 7) is 3.21. The molecule has 46 heavy (non-hydrogen) atoms. The number of hydrogen-bond acceptors (Lipinski definition) is 8. The average molecular weight is 637 g/mol. The first-order valence-corrected chi connectivity index (χ1v) is 15.5. The zero-order valence-electron chi connectivity index (χ0n) is 25.9. The van der Waals surface area contributed by atoms with E-state index in [4.69, 9.17) is 5.73 Å². The molecule has 1 saturated heterocycles. The van der Waals surface area contributed by atoms with Crippen molar-refractivity contribution in [2.75, 3.05) is 49.2 Å². The molecule has 244 valence electrons. The van der Waals surface area contributed by atoms with E-state index >= 15 is 0 Å². The van der Waals surface area contributed by atoms with Crippen molar-refractivity contribution >= 4 is 34.4 Å². The van der Waals surface area contributed by atoms with Gasteiger partial charge in [0.25, 0.3) is 0 Å². The molecule has 1 saturated carbocycles. The number of rotatable bonds is 7. The number of benzene rings is 2. The third kappa shape index (κ3) is 7.57. The van der Waals surface area contributed by atoms with Crippen LogP contribution in [0.5, 0.6) is 0 Å². The molecule has 0 radical (unpaired) electrons. The van der Waals surface area contributed by atoms with Gasteiger partial charge in [0, 0.05) is 80.8 Å². The highest BCUT2D eigenvalue weighted by Gasteiger charge is 2.34. The van der Waals surface area contributed by atoms with E-state index in [0.717, 1.165) is 67.0 Å². The molecule has 2 amide bonds. The highest BCUT2D eigenvalue weighted by atomic mass is 19.4. The molecular formula is C32H39F3N10O. The Morgan fingerprint density at radius 3 is 2.48 bits per heavy atom. The molecule has 0 atom stereocenters. The van der Waals surface area contributed by atoms with Gasteiger partial charge in [0.15, 0.2) is 5.82 Å². The number of alkyl halides is 3. The van der Waals surface area contributed by atoms with Gasteiger partial charge in [-0.3, -0.25) is 14.9 Å². The highest BCUT2D eigenvalue weighted by Crippen LogP contribution is 2.35. The molecule has 2 fully saturated rings. The summed E-state index contributed by atoms with van der Waals surface area (Å²) in [7, 11) is 3.74. The van der Waals surface area contributed by atoms with Gasteiger partial charge in [0.2, 0.25) is 5.95 Å². The molecule has 6 rings (SSSR count). The summed E-state index contributed by atoms with van der Waals surface area (Å²) in [6.07, 6.45) is 1.18. The van der Waals surface area contributed by atoms with Crippen LogP contribution >= 0.6 is 0 Å². The maximum atomic E-state index is 14.0. The Kier molecular flexibility index (Phi) is 9.11. The zero-order valence-corrected chi connectivity index (χ0v) is 25.9. The van der Waals surface area contributed by atoms with Gasteiger partial charge < -0.3 is 21.3 Å². The third-order valence-electron chi connectivity index (χ3n) is 8.77. The van der Waals surface area contributed by atoms with Crippen LogP contribution < -0.4 is 21.7 Å². The predicted molar refractivity (Wildman–Crippen MR) is 172 cm³/mol. The number of nitrogens with one attached hydrogen (secondary N) is 3. The van der Waals surface area contributed by atoms with Crippen molar-refractivity contribution in [2.45, 2.75) is 50.5 Å². The number of carbonyl (C=O) groups excluding carboxylic acids is 1. The van der Waals surface area contributed by atoms with Crippen LogP contribution in [0.3, 0.4) is 0 Å². The van der Waals surface area contributed by atoms with Gasteiger partial charge in [-0.05, 0) is 62.6 Å². The molecule has 11 nitrogen and oxygen atoms in total. The Labute approximate surface area is 265 Å². The van der Waals surface area contributed by atoms with E-state index < -0.39 is 17.8 Å². The smallest absolute Gasteiger partial charge is 0.351 e. The van der Waals surface area contributed by atoms with Crippen molar-refractivity contribution < 1.29 is 18.0 Å². The lowest BCUT2D eigenvalue weighted by molar-refractivity contribution is -0.138. The van der Waals surface area contributed by atoms with E-state index in [0.29, 0.717) is 25.1 Å². The van der Waals surface area contributed by atoms with Gasteiger partial charge in [0.05, 0.1) is 16.8 Å². The van der Waals surface area contributed by atoms with Crippen molar-refractivity contribution in [2.24, 2.45) is 12.8 Å². The molecule has 1 aliphatic carbocycles. The SMILES string of the molecule is CN1CCN(Cc2ccc(NC(=O)Nc3cc(-c4ccc5nc(N[C@H]6CC[C@@H](N)CC6)ncc5c4)n(C)n3)cc2C(F)(F)F)CC1. The number of nitrogens with two attached hydrogens (primary N) is 1. The lowest BCUT2D eigenvalue weighted by atomic mass is 9.92. The molecule has 2 aromatic heterocycles. The fraction of sp³-hybridized carbons (Fsp3) is 0.438. The Morgan fingerprint density at radius 1 is 0.978 bits per heavy atom. The molecule has 0 unspecified atom stereocenters. The number of amides is 2. The summed E-state index contributed by atoms with van der Waals surface area (Å²) in [6, 6.07) is 11.3. The maximum Gasteiger partial charge on any atom is 0.416 e. The fourth-order valence-corrected chi connectivity index (χ4v) is 6.09. The molecular weight excluding hydrogens is 597 g/mol. The van der Waals surface area contributed by atoms with Crippen LogP contribution in [0, 0.1) is 0 Å². The van der Waals surface area contributed by atoms with E-state index in [2.05, 4.69) is 35.9 Å². The van der Waals surface area contributed by atoms with Gasteiger partial charge in [0.1, 0.15) is 0 Å². The van der Waals surface area contributed by atoms with Crippen LogP contribution in [-0.2, 0) is 19.8 Å². The van der Waals surface area contributed by atoms with Crippen molar-refractivity contribution in [3.63, 3.8) is 0 Å². The predicted octanol–water partition coefficient (Wildman–Crippen LogP) is 5.12. The summed E-state index contributed by atoms with van der Waals surface area (Å²) in [4.78, 5) is 26.1. The van der Waals surface area contributed by atoms with Gasteiger partial charge >= 0.3 is 12.2 Å². The number of hydrogen-bond donors (Lipinski definition) is 4. The lowest BCUT2D eigenvalue weighted by Crippen LogP contribution is -2.44. The summed E-state index contributed by atoms with van der Waals surface area (Å²) in [5.74, 6) is 0.839. The number of halogens is 3. The number of urea groups is 1. The second kappa shape index (κ2) is 13.2. The summed E-state index contributed by atoms with van der Waals surface area (Å²) in [5.41, 5.74) is 7.84. The molecule has 2 aromatic carbocycles. The van der Waals surface area contributed by atoms with E-state index in [1.807, 2.05) is 30.1 Å². The number of nitrogens with zero attached hydrogens (tertiary/aromatic N) is 6. The van der Waals surface area contributed by atoms with E-state index in [9.17, 15) is 18.0 Å². The minimum absolute atomic E-state index is 0.0403. The van der Waals surface area contributed by atoms with E-state index in [-0.39, 0.29) is 29.7 Å². The third-order valence-corrected chi connectivity index (χ3v) is 8.77. The summed E-state index contributed by atoms with van der Waals surface area (Å²) >= 11 is 0. The van der Waals surface area contributed by atoms with Crippen LogP contribution in [0.15, 0.2) is 48.7 Å². The second-order valence-corrected chi connectivity index (χ2v) is 12.3. The topological polar surface area (TPSA) is 129 Å². The van der Waals surface area contributed by atoms with Gasteiger partial charge in [-0.1, -0.05) is 12.1 Å². The Hall–Kier alpha value is -4.27. The normalized spacial score (nSPS) is 19.7. The standard InChI is InChI=1S/C32H39F3N10O/c1-43-11-13-45(14-12-43)19-21-3-7-25(16-26(21)32(33,34)35)39-31(46)41-29-17-28(44(2)42-29)20-4-10-27-22(15-20)18-37-30(40-27)38-24-8-5-23(36)6-9-24/h3-4,7,10,15-18,23-24H,5-6,8-9,11-14,19,36H2,1-2H3,(H,37,38,40)(H2,39,41,42,46)/t23-,24+. The van der Waals surface area contributed by atoms with Crippen molar-refractivity contribution in [3.05, 3.63) is 59.8 Å². The van der Waals surface area contributed by atoms with Crippen LogP contribution in [0.2, 0.25) is 0 Å². The summed E-state index contributed by atoms with van der Waals surface area (Å²) in [5, 5.41) is 13.8. The van der Waals surface area contributed by atoms with Gasteiger partial charge in [-0.15, -0.1) is 0 Å². The van der Waals surface area contributed by atoms with Crippen LogP contribution in [0.4, 0.5) is 35.4 Å². The van der Waals surface area contributed by atoms with E-state index in [1.54, 1.807) is 24.0 Å². The number of likely N-dealkylation sites (N-methyl/N-ethyl adjacent to an activating group) is 1. The molecule has 0 bridgehead atoms. The van der Waals surface area contributed by atoms with Crippen molar-refractivity contribution in [1.82, 2.24) is 29.5 Å². The van der Waals surface area contributed by atoms with Crippen LogP contribution in [0.25, 0.3) is 22.2 Å². The minimum atomic E-state index is -4.56. The first kappa shape index (κ1) is 31.7. The Balaban J connectivity index is 1.11. The number of fused-ring (bicyclic) bond motifs is 1. The Bertz CT molecular complexity index is 1690. The quantitative estimate of drug-likeness (QED) is 0.220. The maximum absolute atomic E-state index is 14.0. The molecule has 14 heteroatoms. The lowest BCUT2D eigenvalue weighted by Gasteiger charge is -2.33. The molecule has 2 aliphatic rings. The number of anilines is 3. The molecule has 0 spiro atoms. The van der Waals surface area contributed by atoms with Crippen LogP contribution in [0.1, 0.15) is 36.8 Å². The van der Waals surface area contributed by atoms with Crippen molar-refractivity contribution in [3.8, 4) is 11.3 Å². The van der Waals surface area contributed by atoms with E-state index in [1.165, 1.54) is 12.1 Å². The molecule has 3 heterocycles. The van der Waals surface area contributed by atoms with Crippen LogP contribution in [-0.4, -0.2) is 80.9 Å². The molecule has 5 N–H and O–H groups in total. The first-order valence-electron chi connectivity index (χ1n) is 15.5. The average Bonchev–Trinajstić information content (AvgIpc) is 3.38. The number of carbonyl (C=O) groups is 1. The summed E-state index contributed by atoms with van der Waals surface area (Å²) < 4.78 is 43.6. The van der Waals surface area contributed by atoms with Gasteiger partial charge in [-0.25, -0.2) is 14.8 Å². The minimum Gasteiger partial charge on any atom is -0.351 e. The fourth-order valence-electron chi connectivity index (χ4n) is 6.09.